The van der Waals surface area contributed by atoms with E-state index in [1.165, 1.54) is 11.3 Å². The fraction of sp³-hybridized carbons (Fsp3) is 0. The van der Waals surface area contributed by atoms with Crippen LogP contribution in [0.25, 0.3) is 10.4 Å². The molecular formula is C16H12ClN3O2S. The highest BCUT2D eigenvalue weighted by Gasteiger charge is 2.09. The van der Waals surface area contributed by atoms with E-state index in [0.717, 1.165) is 10.4 Å². The summed E-state index contributed by atoms with van der Waals surface area (Å²) in [6, 6.07) is 11.5. The van der Waals surface area contributed by atoms with Gasteiger partial charge in [-0.3, -0.25) is 5.43 Å². The fourth-order valence-corrected chi connectivity index (χ4v) is 2.84. The molecule has 116 valence electrons. The minimum atomic E-state index is 0.150. The number of hydrogen-bond acceptors (Lipinski definition) is 6. The number of phenols is 2. The predicted molar refractivity (Wildman–Crippen MR) is 93.5 cm³/mol. The van der Waals surface area contributed by atoms with E-state index in [9.17, 15) is 10.2 Å². The minimum Gasteiger partial charge on any atom is -0.508 e. The van der Waals surface area contributed by atoms with Gasteiger partial charge in [-0.25, -0.2) is 4.98 Å². The molecule has 3 N–H and O–H groups in total. The van der Waals surface area contributed by atoms with E-state index in [4.69, 9.17) is 11.6 Å². The van der Waals surface area contributed by atoms with Crippen molar-refractivity contribution in [1.82, 2.24) is 4.98 Å². The molecule has 0 radical (unpaired) electrons. The van der Waals surface area contributed by atoms with Crippen molar-refractivity contribution in [3.63, 3.8) is 0 Å². The number of halogens is 1. The summed E-state index contributed by atoms with van der Waals surface area (Å²) in [4.78, 5) is 4.99. The van der Waals surface area contributed by atoms with E-state index in [1.807, 2.05) is 0 Å². The molecule has 0 aliphatic heterocycles. The van der Waals surface area contributed by atoms with Crippen LogP contribution in [-0.2, 0) is 0 Å². The van der Waals surface area contributed by atoms with E-state index < -0.39 is 0 Å². The Kier molecular flexibility index (Phi) is 4.45. The van der Waals surface area contributed by atoms with Crippen molar-refractivity contribution in [1.29, 1.82) is 0 Å². The quantitative estimate of drug-likeness (QED) is 0.486. The van der Waals surface area contributed by atoms with Crippen molar-refractivity contribution in [2.24, 2.45) is 5.10 Å². The Morgan fingerprint density at radius 1 is 1.13 bits per heavy atom. The van der Waals surface area contributed by atoms with E-state index in [0.29, 0.717) is 15.7 Å². The summed E-state index contributed by atoms with van der Waals surface area (Å²) in [6.07, 6.45) is 3.27. The van der Waals surface area contributed by atoms with E-state index in [1.54, 1.807) is 54.9 Å². The van der Waals surface area contributed by atoms with Gasteiger partial charge in [-0.1, -0.05) is 22.9 Å². The lowest BCUT2D eigenvalue weighted by atomic mass is 10.2. The molecule has 0 aliphatic carbocycles. The van der Waals surface area contributed by atoms with Crippen LogP contribution >= 0.6 is 22.9 Å². The van der Waals surface area contributed by atoms with E-state index >= 15 is 0 Å². The molecule has 0 atom stereocenters. The summed E-state index contributed by atoms with van der Waals surface area (Å²) < 4.78 is 0. The summed E-state index contributed by atoms with van der Waals surface area (Å²) in [5.74, 6) is 0.359. The normalized spacial score (nSPS) is 11.0. The number of thiazole rings is 1. The molecule has 0 amide bonds. The van der Waals surface area contributed by atoms with Crippen LogP contribution in [0.3, 0.4) is 0 Å². The number of nitrogens with one attached hydrogen (secondary N) is 1. The predicted octanol–water partition coefficient (Wildman–Crippen LogP) is 4.32. The molecule has 2 aromatic carbocycles. The third-order valence-electron chi connectivity index (χ3n) is 3.00. The van der Waals surface area contributed by atoms with Crippen LogP contribution in [-0.4, -0.2) is 21.4 Å². The second kappa shape index (κ2) is 6.68. The number of anilines is 1. The number of benzene rings is 2. The van der Waals surface area contributed by atoms with Gasteiger partial charge in [0.2, 0.25) is 5.13 Å². The molecule has 23 heavy (non-hydrogen) atoms. The van der Waals surface area contributed by atoms with Crippen molar-refractivity contribution in [2.75, 3.05) is 5.43 Å². The average molecular weight is 346 g/mol. The van der Waals surface area contributed by atoms with Gasteiger partial charge in [0.25, 0.3) is 0 Å². The summed E-state index contributed by atoms with van der Waals surface area (Å²) in [5.41, 5.74) is 4.31. The molecule has 0 saturated carbocycles. The summed E-state index contributed by atoms with van der Waals surface area (Å²) in [7, 11) is 0. The van der Waals surface area contributed by atoms with Gasteiger partial charge < -0.3 is 10.2 Å². The van der Waals surface area contributed by atoms with Gasteiger partial charge in [0, 0.05) is 16.8 Å². The Balaban J connectivity index is 1.72. The monoisotopic (exact) mass is 345 g/mol. The highest BCUT2D eigenvalue weighted by molar-refractivity contribution is 7.18. The topological polar surface area (TPSA) is 77.7 Å². The molecular weight excluding hydrogens is 334 g/mol. The Bertz CT molecular complexity index is 847. The maximum absolute atomic E-state index is 9.89. The van der Waals surface area contributed by atoms with Crippen LogP contribution in [0.1, 0.15) is 5.56 Å². The first-order valence-electron chi connectivity index (χ1n) is 6.64. The second-order valence-corrected chi connectivity index (χ2v) is 6.12. The maximum Gasteiger partial charge on any atom is 0.203 e. The van der Waals surface area contributed by atoms with Crippen LogP contribution in [0.15, 0.2) is 53.8 Å². The van der Waals surface area contributed by atoms with Crippen LogP contribution in [0.5, 0.6) is 11.5 Å². The third-order valence-corrected chi connectivity index (χ3v) is 4.17. The Morgan fingerprint density at radius 2 is 1.91 bits per heavy atom. The summed E-state index contributed by atoms with van der Waals surface area (Å²) in [6.45, 7) is 0. The lowest BCUT2D eigenvalue weighted by Gasteiger charge is -2.01. The van der Waals surface area contributed by atoms with Gasteiger partial charge in [0.05, 0.1) is 11.1 Å². The highest BCUT2D eigenvalue weighted by Crippen LogP contribution is 2.36. The second-order valence-electron chi connectivity index (χ2n) is 4.65. The lowest BCUT2D eigenvalue weighted by Crippen LogP contribution is -1.88. The molecule has 0 aliphatic rings. The zero-order valence-electron chi connectivity index (χ0n) is 11.8. The van der Waals surface area contributed by atoms with Crippen LogP contribution in [0, 0.1) is 0 Å². The molecule has 3 aromatic rings. The van der Waals surface area contributed by atoms with Gasteiger partial charge in [0.1, 0.15) is 11.5 Å². The molecule has 0 bridgehead atoms. The Labute approximate surface area is 141 Å². The summed E-state index contributed by atoms with van der Waals surface area (Å²) in [5, 5.41) is 24.3. The number of aromatic nitrogens is 1. The number of hydrazone groups is 1. The Hall–Kier alpha value is -2.57. The SMILES string of the molecule is Oc1ccc(/C=N\Nc2ncc(-c3cc(Cl)ccc3O)s2)cc1. The molecule has 1 aromatic heterocycles. The highest BCUT2D eigenvalue weighted by atomic mass is 35.5. The molecule has 5 nitrogen and oxygen atoms in total. The van der Waals surface area contributed by atoms with Gasteiger partial charge in [-0.05, 0) is 48.0 Å². The van der Waals surface area contributed by atoms with Gasteiger partial charge in [-0.15, -0.1) is 0 Å². The van der Waals surface area contributed by atoms with Crippen molar-refractivity contribution >= 4 is 34.3 Å². The Morgan fingerprint density at radius 3 is 2.70 bits per heavy atom. The van der Waals surface area contributed by atoms with Gasteiger partial charge in [-0.2, -0.15) is 5.10 Å². The largest absolute Gasteiger partial charge is 0.508 e. The van der Waals surface area contributed by atoms with E-state index in [2.05, 4.69) is 15.5 Å². The number of hydrogen-bond donors (Lipinski definition) is 3. The molecule has 0 spiro atoms. The van der Waals surface area contributed by atoms with Crippen LogP contribution in [0.4, 0.5) is 5.13 Å². The molecule has 0 fully saturated rings. The smallest absolute Gasteiger partial charge is 0.203 e. The number of phenolic OH excluding ortho intramolecular Hbond substituents is 2. The fourth-order valence-electron chi connectivity index (χ4n) is 1.88. The maximum atomic E-state index is 9.89. The molecule has 1 heterocycles. The third kappa shape index (κ3) is 3.80. The zero-order chi connectivity index (χ0) is 16.2. The first kappa shape index (κ1) is 15.3. The van der Waals surface area contributed by atoms with Crippen molar-refractivity contribution < 1.29 is 10.2 Å². The first-order chi connectivity index (χ1) is 11.1. The zero-order valence-corrected chi connectivity index (χ0v) is 13.3. The average Bonchev–Trinajstić information content (AvgIpc) is 3.00. The molecule has 3 rings (SSSR count). The van der Waals surface area contributed by atoms with Crippen LogP contribution < -0.4 is 5.43 Å². The number of aromatic hydroxyl groups is 2. The first-order valence-corrected chi connectivity index (χ1v) is 7.84. The molecule has 0 unspecified atom stereocenters. The van der Waals surface area contributed by atoms with Crippen molar-refractivity contribution in [3.8, 4) is 21.9 Å². The standard InChI is InChI=1S/C16H12ClN3O2S/c17-11-3-6-14(22)13(7-11)15-9-18-16(23-15)20-19-8-10-1-4-12(21)5-2-10/h1-9,21-22H,(H,18,20)/b19-8-. The number of rotatable bonds is 4. The summed E-state index contributed by atoms with van der Waals surface area (Å²) >= 11 is 7.30. The van der Waals surface area contributed by atoms with E-state index in [-0.39, 0.29) is 11.5 Å². The van der Waals surface area contributed by atoms with Crippen molar-refractivity contribution in [2.45, 2.75) is 0 Å². The molecule has 7 heteroatoms. The molecule has 0 saturated heterocycles. The lowest BCUT2D eigenvalue weighted by molar-refractivity contribution is 0.475. The minimum absolute atomic E-state index is 0.150. The number of nitrogens with zero attached hydrogens (tertiary/aromatic N) is 2. The van der Waals surface area contributed by atoms with Gasteiger partial charge in [0.15, 0.2) is 0 Å². The van der Waals surface area contributed by atoms with Crippen LogP contribution in [0.2, 0.25) is 5.02 Å². The van der Waals surface area contributed by atoms with Gasteiger partial charge >= 0.3 is 0 Å². The van der Waals surface area contributed by atoms with Crippen molar-refractivity contribution in [3.05, 3.63) is 59.2 Å².